The molecule has 1 N–H and O–H groups in total. The second-order valence-corrected chi connectivity index (χ2v) is 5.66. The highest BCUT2D eigenvalue weighted by Gasteiger charge is 2.33. The van der Waals surface area contributed by atoms with Crippen LogP contribution in [-0.2, 0) is 4.79 Å². The zero-order valence-corrected chi connectivity index (χ0v) is 11.1. The first-order valence-corrected chi connectivity index (χ1v) is 6.45. The van der Waals surface area contributed by atoms with Gasteiger partial charge in [0.05, 0.1) is 11.5 Å². The van der Waals surface area contributed by atoms with Gasteiger partial charge in [0.25, 0.3) is 0 Å². The number of aliphatic hydroxyl groups excluding tert-OH is 1. The first-order chi connectivity index (χ1) is 7.38. The smallest absolute Gasteiger partial charge is 0.229 e. The Morgan fingerprint density at radius 2 is 2.00 bits per heavy atom. The van der Waals surface area contributed by atoms with Crippen molar-refractivity contribution < 1.29 is 9.90 Å². The van der Waals surface area contributed by atoms with Crippen LogP contribution in [0.1, 0.15) is 33.6 Å². The number of hydrogen-bond donors (Lipinski definition) is 1. The van der Waals surface area contributed by atoms with Crippen molar-refractivity contribution in [2.24, 2.45) is 11.3 Å². The van der Waals surface area contributed by atoms with Crippen molar-refractivity contribution in [2.45, 2.75) is 39.7 Å². The number of nitrogens with zero attached hydrogens (tertiary/aromatic N) is 1. The Morgan fingerprint density at radius 1 is 1.50 bits per heavy atom. The van der Waals surface area contributed by atoms with Gasteiger partial charge in [-0.05, 0) is 39.5 Å². The number of carbonyl (C=O) groups is 1. The second kappa shape index (κ2) is 5.37. The number of piperidine rings is 1. The summed E-state index contributed by atoms with van der Waals surface area (Å²) in [5.41, 5.74) is -0.473. The number of aliphatic hydroxyl groups is 1. The van der Waals surface area contributed by atoms with Gasteiger partial charge in [0, 0.05) is 19.0 Å². The fourth-order valence-electron chi connectivity index (χ4n) is 2.07. The summed E-state index contributed by atoms with van der Waals surface area (Å²) >= 11 is 5.80. The summed E-state index contributed by atoms with van der Waals surface area (Å²) in [7, 11) is 0. The fraction of sp³-hybridized carbons (Fsp3) is 0.917. The normalized spacial score (nSPS) is 20.9. The molecule has 4 heteroatoms. The van der Waals surface area contributed by atoms with E-state index >= 15 is 0 Å². The van der Waals surface area contributed by atoms with Crippen molar-refractivity contribution in [2.75, 3.05) is 19.0 Å². The van der Waals surface area contributed by atoms with E-state index in [0.29, 0.717) is 11.8 Å². The molecule has 3 nitrogen and oxygen atoms in total. The molecule has 1 aliphatic rings. The highest BCUT2D eigenvalue weighted by molar-refractivity contribution is 6.19. The van der Waals surface area contributed by atoms with Gasteiger partial charge < -0.3 is 10.0 Å². The maximum Gasteiger partial charge on any atom is 0.229 e. The van der Waals surface area contributed by atoms with Crippen LogP contribution in [0.3, 0.4) is 0 Å². The van der Waals surface area contributed by atoms with Crippen molar-refractivity contribution in [3.05, 3.63) is 0 Å². The Kier molecular flexibility index (Phi) is 4.62. The highest BCUT2D eigenvalue weighted by atomic mass is 35.5. The molecule has 0 aromatic rings. The molecule has 1 atom stereocenters. The largest absolute Gasteiger partial charge is 0.393 e. The highest BCUT2D eigenvalue weighted by Crippen LogP contribution is 2.26. The van der Waals surface area contributed by atoms with E-state index in [4.69, 9.17) is 11.6 Å². The van der Waals surface area contributed by atoms with Crippen LogP contribution in [0.15, 0.2) is 0 Å². The van der Waals surface area contributed by atoms with E-state index in [1.165, 1.54) is 0 Å². The van der Waals surface area contributed by atoms with Gasteiger partial charge in [-0.1, -0.05) is 0 Å². The fourth-order valence-corrected chi connectivity index (χ4v) is 2.18. The van der Waals surface area contributed by atoms with Crippen LogP contribution in [0.25, 0.3) is 0 Å². The summed E-state index contributed by atoms with van der Waals surface area (Å²) in [6, 6.07) is 0. The summed E-state index contributed by atoms with van der Waals surface area (Å²) in [6.07, 6.45) is 1.52. The van der Waals surface area contributed by atoms with Gasteiger partial charge in [0.1, 0.15) is 0 Å². The Hall–Kier alpha value is -0.280. The number of amides is 1. The summed E-state index contributed by atoms with van der Waals surface area (Å²) in [6.45, 7) is 7.07. The lowest BCUT2D eigenvalue weighted by Crippen LogP contribution is -2.46. The molecule has 16 heavy (non-hydrogen) atoms. The van der Waals surface area contributed by atoms with Crippen molar-refractivity contribution in [3.63, 3.8) is 0 Å². The summed E-state index contributed by atoms with van der Waals surface area (Å²) in [5, 5.41) is 9.48. The molecule has 1 amide bonds. The quantitative estimate of drug-likeness (QED) is 0.774. The molecule has 1 rings (SSSR count). The van der Waals surface area contributed by atoms with E-state index in [0.717, 1.165) is 25.9 Å². The molecule has 94 valence electrons. The van der Waals surface area contributed by atoms with Gasteiger partial charge in [-0.25, -0.2) is 0 Å². The summed E-state index contributed by atoms with van der Waals surface area (Å²) < 4.78 is 0. The minimum absolute atomic E-state index is 0.131. The Labute approximate surface area is 103 Å². The maximum atomic E-state index is 12.1. The Balaban J connectivity index is 2.51. The average molecular weight is 248 g/mol. The summed E-state index contributed by atoms with van der Waals surface area (Å²) in [5.74, 6) is 0.817. The third-order valence-corrected chi connectivity index (χ3v) is 4.09. The molecule has 1 heterocycles. The minimum Gasteiger partial charge on any atom is -0.393 e. The molecule has 0 aromatic heterocycles. The van der Waals surface area contributed by atoms with Gasteiger partial charge in [0.15, 0.2) is 0 Å². The van der Waals surface area contributed by atoms with Crippen LogP contribution in [0.2, 0.25) is 0 Å². The van der Waals surface area contributed by atoms with Gasteiger partial charge in [-0.3, -0.25) is 4.79 Å². The molecule has 0 radical (unpaired) electrons. The number of carbonyl (C=O) groups excluding carboxylic acids is 1. The molecule has 1 fully saturated rings. The van der Waals surface area contributed by atoms with Crippen LogP contribution >= 0.6 is 11.6 Å². The van der Waals surface area contributed by atoms with E-state index in [9.17, 15) is 9.90 Å². The third kappa shape index (κ3) is 3.11. The lowest BCUT2D eigenvalue weighted by atomic mass is 9.89. The lowest BCUT2D eigenvalue weighted by molar-refractivity contribution is -0.141. The van der Waals surface area contributed by atoms with Crippen molar-refractivity contribution in [1.29, 1.82) is 0 Å². The van der Waals surface area contributed by atoms with Crippen molar-refractivity contribution >= 4 is 17.5 Å². The maximum absolute atomic E-state index is 12.1. The molecule has 1 saturated heterocycles. The lowest BCUT2D eigenvalue weighted by Gasteiger charge is -2.37. The molecule has 0 saturated carbocycles. The SMILES string of the molecule is CC(O)C1CCN(C(=O)C(C)(C)CCl)CC1. The third-order valence-electron chi connectivity index (χ3n) is 3.42. The first-order valence-electron chi connectivity index (χ1n) is 5.92. The predicted octanol–water partition coefficient (Wildman–Crippen LogP) is 1.87. The standard InChI is InChI=1S/C12H22ClNO2/c1-9(15)10-4-6-14(7-5-10)11(16)12(2,3)8-13/h9-10,15H,4-8H2,1-3H3. The molecule has 0 spiro atoms. The van der Waals surface area contributed by atoms with E-state index in [2.05, 4.69) is 0 Å². The zero-order valence-electron chi connectivity index (χ0n) is 10.4. The Bertz CT molecular complexity index is 245. The molecule has 1 aliphatic heterocycles. The van der Waals surface area contributed by atoms with E-state index in [1.54, 1.807) is 0 Å². The van der Waals surface area contributed by atoms with Gasteiger partial charge >= 0.3 is 0 Å². The first kappa shape index (κ1) is 13.8. The van der Waals surface area contributed by atoms with E-state index in [1.807, 2.05) is 25.7 Å². The van der Waals surface area contributed by atoms with Crippen LogP contribution in [-0.4, -0.2) is 41.0 Å². The van der Waals surface area contributed by atoms with Crippen molar-refractivity contribution in [1.82, 2.24) is 4.90 Å². The van der Waals surface area contributed by atoms with Crippen LogP contribution in [0.4, 0.5) is 0 Å². The average Bonchev–Trinajstić information content (AvgIpc) is 2.28. The summed E-state index contributed by atoms with van der Waals surface area (Å²) in [4.78, 5) is 14.0. The molecule has 1 unspecified atom stereocenters. The van der Waals surface area contributed by atoms with Crippen molar-refractivity contribution in [3.8, 4) is 0 Å². The zero-order chi connectivity index (χ0) is 12.3. The molecule has 0 aliphatic carbocycles. The number of rotatable bonds is 3. The minimum atomic E-state index is -0.473. The Morgan fingerprint density at radius 3 is 2.38 bits per heavy atom. The number of hydrogen-bond acceptors (Lipinski definition) is 2. The number of halogens is 1. The van der Waals surface area contributed by atoms with Crippen LogP contribution < -0.4 is 0 Å². The van der Waals surface area contributed by atoms with Gasteiger partial charge in [-0.2, -0.15) is 0 Å². The second-order valence-electron chi connectivity index (χ2n) is 5.39. The molecule has 0 bridgehead atoms. The molecule has 0 aromatic carbocycles. The number of likely N-dealkylation sites (tertiary alicyclic amines) is 1. The van der Waals surface area contributed by atoms with Gasteiger partial charge in [-0.15, -0.1) is 11.6 Å². The van der Waals surface area contributed by atoms with E-state index < -0.39 is 5.41 Å². The molecular weight excluding hydrogens is 226 g/mol. The topological polar surface area (TPSA) is 40.5 Å². The van der Waals surface area contributed by atoms with E-state index in [-0.39, 0.29) is 12.0 Å². The van der Waals surface area contributed by atoms with Crippen LogP contribution in [0, 0.1) is 11.3 Å². The van der Waals surface area contributed by atoms with Gasteiger partial charge in [0.2, 0.25) is 5.91 Å². The van der Waals surface area contributed by atoms with Crippen LogP contribution in [0.5, 0.6) is 0 Å². The molecular formula is C12H22ClNO2. The predicted molar refractivity (Wildman–Crippen MR) is 65.5 cm³/mol. The monoisotopic (exact) mass is 247 g/mol. The number of alkyl halides is 1.